The first kappa shape index (κ1) is 12.6. The molecular weight excluding hydrogens is 238 g/mol. The molecule has 1 heterocycles. The zero-order valence-corrected chi connectivity index (χ0v) is 11.0. The molecule has 0 aliphatic heterocycles. The van der Waals surface area contributed by atoms with E-state index in [2.05, 4.69) is 17.1 Å². The zero-order valence-electron chi connectivity index (χ0n) is 11.0. The number of hydrogen-bond acceptors (Lipinski definition) is 3. The van der Waals surface area contributed by atoms with Crippen molar-refractivity contribution in [2.24, 2.45) is 0 Å². The van der Waals surface area contributed by atoms with Crippen LogP contribution in [-0.4, -0.2) is 22.3 Å². The number of hydrogen-bond donors (Lipinski definition) is 1. The van der Waals surface area contributed by atoms with Crippen LogP contribution in [0.15, 0.2) is 36.4 Å². The van der Waals surface area contributed by atoms with E-state index in [1.165, 1.54) is 0 Å². The highest BCUT2D eigenvalue weighted by molar-refractivity contribution is 5.78. The van der Waals surface area contributed by atoms with Crippen LogP contribution < -0.4 is 0 Å². The Hall–Kier alpha value is -1.45. The van der Waals surface area contributed by atoms with Gasteiger partial charge in [0.25, 0.3) is 0 Å². The normalized spacial score (nSPS) is 23.6. The summed E-state index contributed by atoms with van der Waals surface area (Å²) in [6.45, 7) is 0.561. The standard InChI is InChI=1S/C16H19NO2/c18-14-7-9-15(10-8-14)19-11-13-6-5-12-3-1-2-4-16(12)17-13/h1-6,14-15,18H,7-11H2. The van der Waals surface area contributed by atoms with Crippen molar-refractivity contribution in [2.45, 2.75) is 44.5 Å². The van der Waals surface area contributed by atoms with Crippen LogP contribution in [-0.2, 0) is 11.3 Å². The largest absolute Gasteiger partial charge is 0.393 e. The smallest absolute Gasteiger partial charge is 0.0891 e. The van der Waals surface area contributed by atoms with Gasteiger partial charge in [-0.05, 0) is 37.8 Å². The number of aromatic nitrogens is 1. The van der Waals surface area contributed by atoms with E-state index >= 15 is 0 Å². The zero-order chi connectivity index (χ0) is 13.1. The highest BCUT2D eigenvalue weighted by Crippen LogP contribution is 2.22. The number of aliphatic hydroxyl groups is 1. The van der Waals surface area contributed by atoms with Crippen LogP contribution >= 0.6 is 0 Å². The Bertz CT molecular complexity index is 547. The third kappa shape index (κ3) is 3.11. The van der Waals surface area contributed by atoms with Crippen molar-refractivity contribution in [3.63, 3.8) is 0 Å². The molecular formula is C16H19NO2. The molecule has 1 aliphatic rings. The van der Waals surface area contributed by atoms with Gasteiger partial charge in [0.2, 0.25) is 0 Å². The molecule has 0 amide bonds. The van der Waals surface area contributed by atoms with Gasteiger partial charge in [0, 0.05) is 5.39 Å². The molecule has 1 fully saturated rings. The Morgan fingerprint density at radius 3 is 2.68 bits per heavy atom. The van der Waals surface area contributed by atoms with Crippen molar-refractivity contribution < 1.29 is 9.84 Å². The lowest BCUT2D eigenvalue weighted by molar-refractivity contribution is -0.0129. The second-order valence-corrected chi connectivity index (χ2v) is 5.24. The van der Waals surface area contributed by atoms with Crippen molar-refractivity contribution in [1.29, 1.82) is 0 Å². The lowest BCUT2D eigenvalue weighted by Crippen LogP contribution is -2.24. The molecule has 3 nitrogen and oxygen atoms in total. The maximum Gasteiger partial charge on any atom is 0.0891 e. The molecule has 3 rings (SSSR count). The van der Waals surface area contributed by atoms with Crippen LogP contribution in [0.25, 0.3) is 10.9 Å². The lowest BCUT2D eigenvalue weighted by atomic mass is 9.95. The molecule has 0 radical (unpaired) electrons. The highest BCUT2D eigenvalue weighted by Gasteiger charge is 2.19. The van der Waals surface area contributed by atoms with Gasteiger partial charge < -0.3 is 9.84 Å². The molecule has 1 aromatic carbocycles. The lowest BCUT2D eigenvalue weighted by Gasteiger charge is -2.25. The Balaban J connectivity index is 1.62. The summed E-state index contributed by atoms with van der Waals surface area (Å²) in [4.78, 5) is 4.60. The second-order valence-electron chi connectivity index (χ2n) is 5.24. The number of pyridine rings is 1. The van der Waals surface area contributed by atoms with Crippen molar-refractivity contribution in [2.75, 3.05) is 0 Å². The van der Waals surface area contributed by atoms with E-state index in [0.717, 1.165) is 42.3 Å². The van der Waals surface area contributed by atoms with E-state index < -0.39 is 0 Å². The van der Waals surface area contributed by atoms with Crippen LogP contribution in [0.2, 0.25) is 0 Å². The first-order valence-electron chi connectivity index (χ1n) is 6.95. The monoisotopic (exact) mass is 257 g/mol. The minimum absolute atomic E-state index is 0.126. The van der Waals surface area contributed by atoms with Crippen molar-refractivity contribution in [1.82, 2.24) is 4.98 Å². The number of rotatable bonds is 3. The fraction of sp³-hybridized carbons (Fsp3) is 0.438. The Kier molecular flexibility index (Phi) is 3.76. The van der Waals surface area contributed by atoms with Crippen LogP contribution in [0.1, 0.15) is 31.4 Å². The highest BCUT2D eigenvalue weighted by atomic mass is 16.5. The number of ether oxygens (including phenoxy) is 1. The molecule has 0 bridgehead atoms. The van der Waals surface area contributed by atoms with E-state index in [4.69, 9.17) is 4.74 Å². The van der Waals surface area contributed by atoms with E-state index in [-0.39, 0.29) is 12.2 Å². The van der Waals surface area contributed by atoms with E-state index in [0.29, 0.717) is 6.61 Å². The molecule has 0 spiro atoms. The quantitative estimate of drug-likeness (QED) is 0.919. The Morgan fingerprint density at radius 1 is 1.05 bits per heavy atom. The molecule has 1 aliphatic carbocycles. The maximum absolute atomic E-state index is 9.46. The predicted octanol–water partition coefficient (Wildman–Crippen LogP) is 3.05. The molecule has 0 unspecified atom stereocenters. The summed E-state index contributed by atoms with van der Waals surface area (Å²) in [5.41, 5.74) is 1.99. The molecule has 0 atom stereocenters. The maximum atomic E-state index is 9.46. The average molecular weight is 257 g/mol. The molecule has 1 saturated carbocycles. The van der Waals surface area contributed by atoms with Gasteiger partial charge >= 0.3 is 0 Å². The van der Waals surface area contributed by atoms with Crippen LogP contribution in [0, 0.1) is 0 Å². The van der Waals surface area contributed by atoms with Crippen molar-refractivity contribution in [3.05, 3.63) is 42.1 Å². The fourth-order valence-corrected chi connectivity index (χ4v) is 2.60. The van der Waals surface area contributed by atoms with Crippen molar-refractivity contribution >= 4 is 10.9 Å². The molecule has 100 valence electrons. The van der Waals surface area contributed by atoms with Gasteiger partial charge in [-0.2, -0.15) is 0 Å². The first-order valence-corrected chi connectivity index (χ1v) is 6.95. The number of benzene rings is 1. The predicted molar refractivity (Wildman–Crippen MR) is 74.8 cm³/mol. The molecule has 2 aromatic rings. The fourth-order valence-electron chi connectivity index (χ4n) is 2.60. The van der Waals surface area contributed by atoms with Gasteiger partial charge in [-0.15, -0.1) is 0 Å². The Morgan fingerprint density at radius 2 is 1.84 bits per heavy atom. The summed E-state index contributed by atoms with van der Waals surface area (Å²) in [5.74, 6) is 0. The minimum Gasteiger partial charge on any atom is -0.393 e. The van der Waals surface area contributed by atoms with Gasteiger partial charge in [0.1, 0.15) is 0 Å². The first-order chi connectivity index (χ1) is 9.31. The van der Waals surface area contributed by atoms with Gasteiger partial charge in [-0.25, -0.2) is 0 Å². The summed E-state index contributed by atoms with van der Waals surface area (Å²) < 4.78 is 5.89. The number of aliphatic hydroxyl groups excluding tert-OH is 1. The molecule has 1 N–H and O–H groups in total. The summed E-state index contributed by atoms with van der Waals surface area (Å²) in [5, 5.41) is 10.6. The topological polar surface area (TPSA) is 42.4 Å². The van der Waals surface area contributed by atoms with Gasteiger partial charge in [-0.3, -0.25) is 4.98 Å². The summed E-state index contributed by atoms with van der Waals surface area (Å²) >= 11 is 0. The third-order valence-corrected chi connectivity index (χ3v) is 3.77. The van der Waals surface area contributed by atoms with E-state index in [1.807, 2.05) is 24.3 Å². The number of fused-ring (bicyclic) bond motifs is 1. The second kappa shape index (κ2) is 5.68. The number of para-hydroxylation sites is 1. The SMILES string of the molecule is OC1CCC(OCc2ccc3ccccc3n2)CC1. The summed E-state index contributed by atoms with van der Waals surface area (Å²) in [7, 11) is 0. The molecule has 3 heteroatoms. The van der Waals surface area contributed by atoms with Gasteiger partial charge in [0.05, 0.1) is 30.0 Å². The average Bonchev–Trinajstić information content (AvgIpc) is 2.46. The summed E-state index contributed by atoms with van der Waals surface area (Å²) in [6.07, 6.45) is 3.77. The molecule has 0 saturated heterocycles. The third-order valence-electron chi connectivity index (χ3n) is 3.77. The molecule has 1 aromatic heterocycles. The minimum atomic E-state index is -0.126. The molecule has 19 heavy (non-hydrogen) atoms. The van der Waals surface area contributed by atoms with E-state index in [1.54, 1.807) is 0 Å². The van der Waals surface area contributed by atoms with Crippen LogP contribution in [0.4, 0.5) is 0 Å². The van der Waals surface area contributed by atoms with E-state index in [9.17, 15) is 5.11 Å². The van der Waals surface area contributed by atoms with Crippen LogP contribution in [0.3, 0.4) is 0 Å². The summed E-state index contributed by atoms with van der Waals surface area (Å²) in [6, 6.07) is 12.2. The Labute approximate surface area is 113 Å². The van der Waals surface area contributed by atoms with Gasteiger partial charge in [0.15, 0.2) is 0 Å². The van der Waals surface area contributed by atoms with Crippen LogP contribution in [0.5, 0.6) is 0 Å². The number of nitrogens with zero attached hydrogens (tertiary/aromatic N) is 1. The van der Waals surface area contributed by atoms with Gasteiger partial charge in [-0.1, -0.05) is 24.3 Å². The van der Waals surface area contributed by atoms with Crippen molar-refractivity contribution in [3.8, 4) is 0 Å².